The van der Waals surface area contributed by atoms with Gasteiger partial charge < -0.3 is 0 Å². The molecule has 0 aliphatic carbocycles. The summed E-state index contributed by atoms with van der Waals surface area (Å²) in [6.07, 6.45) is -0.115. The van der Waals surface area contributed by atoms with Gasteiger partial charge in [-0.05, 0) is 29.8 Å². The van der Waals surface area contributed by atoms with Gasteiger partial charge in [-0.1, -0.05) is 41.4 Å². The van der Waals surface area contributed by atoms with E-state index in [0.717, 1.165) is 6.07 Å². The Balaban J connectivity index is 1.96. The van der Waals surface area contributed by atoms with Crippen molar-refractivity contribution in [3.63, 3.8) is 0 Å². The Labute approximate surface area is 136 Å². The molecule has 0 bridgehead atoms. The van der Waals surface area contributed by atoms with Crippen LogP contribution in [0.3, 0.4) is 0 Å². The van der Waals surface area contributed by atoms with E-state index in [9.17, 15) is 14.0 Å². The highest BCUT2D eigenvalue weighted by Crippen LogP contribution is 2.24. The molecule has 7 heteroatoms. The average Bonchev–Trinajstić information content (AvgIpc) is 2.49. The van der Waals surface area contributed by atoms with Crippen LogP contribution in [-0.2, 0) is 11.2 Å². The molecule has 0 atom stereocenters. The van der Waals surface area contributed by atoms with Crippen molar-refractivity contribution < 1.29 is 14.0 Å². The van der Waals surface area contributed by atoms with E-state index in [0.29, 0.717) is 15.6 Å². The molecular formula is C15H11Cl2FN2O2. The summed E-state index contributed by atoms with van der Waals surface area (Å²) in [5.41, 5.74) is 4.60. The van der Waals surface area contributed by atoms with Gasteiger partial charge in [0.1, 0.15) is 5.82 Å². The Morgan fingerprint density at radius 1 is 0.955 bits per heavy atom. The number of benzene rings is 2. The average molecular weight is 341 g/mol. The lowest BCUT2D eigenvalue weighted by Crippen LogP contribution is -2.42. The fourth-order valence-electron chi connectivity index (χ4n) is 1.75. The van der Waals surface area contributed by atoms with Crippen LogP contribution >= 0.6 is 23.2 Å². The summed E-state index contributed by atoms with van der Waals surface area (Å²) in [5.74, 6) is -1.96. The summed E-state index contributed by atoms with van der Waals surface area (Å²) >= 11 is 11.9. The molecule has 4 nitrogen and oxygen atoms in total. The lowest BCUT2D eigenvalue weighted by atomic mass is 10.1. The maximum Gasteiger partial charge on any atom is 0.272 e. The Bertz CT molecular complexity index is 702. The Morgan fingerprint density at radius 2 is 1.59 bits per heavy atom. The van der Waals surface area contributed by atoms with Gasteiger partial charge in [0.2, 0.25) is 5.91 Å². The van der Waals surface area contributed by atoms with Gasteiger partial charge in [0.25, 0.3) is 5.91 Å². The van der Waals surface area contributed by atoms with E-state index < -0.39 is 17.6 Å². The van der Waals surface area contributed by atoms with Gasteiger partial charge in [-0.15, -0.1) is 0 Å². The molecule has 0 heterocycles. The molecule has 0 aliphatic heterocycles. The SMILES string of the molecule is O=C(Cc1c(Cl)cccc1Cl)NNC(=O)c1ccccc1F. The summed E-state index contributed by atoms with van der Waals surface area (Å²) in [6.45, 7) is 0. The van der Waals surface area contributed by atoms with Gasteiger partial charge >= 0.3 is 0 Å². The van der Waals surface area contributed by atoms with Crippen LogP contribution in [0, 0.1) is 5.82 Å². The maximum atomic E-state index is 13.4. The highest BCUT2D eigenvalue weighted by molar-refractivity contribution is 6.36. The van der Waals surface area contributed by atoms with Gasteiger partial charge in [-0.3, -0.25) is 20.4 Å². The molecule has 22 heavy (non-hydrogen) atoms. The Morgan fingerprint density at radius 3 is 2.23 bits per heavy atom. The maximum absolute atomic E-state index is 13.4. The predicted molar refractivity (Wildman–Crippen MR) is 82.2 cm³/mol. The molecule has 0 saturated carbocycles. The van der Waals surface area contributed by atoms with Gasteiger partial charge in [0, 0.05) is 10.0 Å². The molecule has 2 aromatic carbocycles. The third-order valence-electron chi connectivity index (χ3n) is 2.83. The first-order chi connectivity index (χ1) is 10.5. The summed E-state index contributed by atoms with van der Waals surface area (Å²) < 4.78 is 13.4. The molecule has 0 saturated heterocycles. The second-order valence-corrected chi connectivity index (χ2v) is 5.17. The normalized spacial score (nSPS) is 10.1. The standard InChI is InChI=1S/C15H11Cl2FN2O2/c16-11-5-3-6-12(17)10(11)8-14(21)19-20-15(22)9-4-1-2-7-13(9)18/h1-7H,8H2,(H,19,21)(H,20,22). The van der Waals surface area contributed by atoms with Gasteiger partial charge in [-0.25, -0.2) is 4.39 Å². The van der Waals surface area contributed by atoms with Gasteiger partial charge in [0.15, 0.2) is 0 Å². The van der Waals surface area contributed by atoms with Crippen molar-refractivity contribution in [1.82, 2.24) is 10.9 Å². The van der Waals surface area contributed by atoms with Crippen molar-refractivity contribution in [2.24, 2.45) is 0 Å². The van der Waals surface area contributed by atoms with Crippen LogP contribution in [0.5, 0.6) is 0 Å². The number of nitrogens with one attached hydrogen (secondary N) is 2. The second-order valence-electron chi connectivity index (χ2n) is 4.36. The van der Waals surface area contributed by atoms with Crippen LogP contribution in [0.2, 0.25) is 10.0 Å². The fraction of sp³-hybridized carbons (Fsp3) is 0.0667. The number of hydrogen-bond donors (Lipinski definition) is 2. The number of amides is 2. The molecule has 2 rings (SSSR count). The monoisotopic (exact) mass is 340 g/mol. The minimum absolute atomic E-state index is 0.115. The molecule has 0 fully saturated rings. The number of carbonyl (C=O) groups excluding carboxylic acids is 2. The van der Waals surface area contributed by atoms with Gasteiger partial charge in [0.05, 0.1) is 12.0 Å². The highest BCUT2D eigenvalue weighted by Gasteiger charge is 2.14. The molecule has 0 spiro atoms. The molecular weight excluding hydrogens is 330 g/mol. The van der Waals surface area contributed by atoms with Crippen molar-refractivity contribution in [2.45, 2.75) is 6.42 Å². The first-order valence-corrected chi connectivity index (χ1v) is 7.01. The van der Waals surface area contributed by atoms with Crippen LogP contribution in [0.15, 0.2) is 42.5 Å². The zero-order chi connectivity index (χ0) is 16.1. The highest BCUT2D eigenvalue weighted by atomic mass is 35.5. The number of carbonyl (C=O) groups is 2. The number of rotatable bonds is 3. The lowest BCUT2D eigenvalue weighted by molar-refractivity contribution is -0.121. The van der Waals surface area contributed by atoms with Crippen molar-refractivity contribution in [3.8, 4) is 0 Å². The Kier molecular flexibility index (Phi) is 5.35. The predicted octanol–water partition coefficient (Wildman–Crippen LogP) is 3.14. The zero-order valence-corrected chi connectivity index (χ0v) is 12.7. The quantitative estimate of drug-likeness (QED) is 0.843. The minimum Gasteiger partial charge on any atom is -0.273 e. The van der Waals surface area contributed by atoms with Crippen LogP contribution in [0.25, 0.3) is 0 Å². The molecule has 2 N–H and O–H groups in total. The van der Waals surface area contributed by atoms with E-state index in [2.05, 4.69) is 10.9 Å². The number of hydrogen-bond acceptors (Lipinski definition) is 2. The third kappa shape index (κ3) is 3.96. The smallest absolute Gasteiger partial charge is 0.272 e. The van der Waals surface area contributed by atoms with E-state index in [1.807, 2.05) is 0 Å². The van der Waals surface area contributed by atoms with Crippen LogP contribution in [0.1, 0.15) is 15.9 Å². The molecule has 114 valence electrons. The zero-order valence-electron chi connectivity index (χ0n) is 11.2. The number of halogens is 3. The first-order valence-electron chi connectivity index (χ1n) is 6.25. The molecule has 2 aromatic rings. The van der Waals surface area contributed by atoms with Crippen molar-refractivity contribution in [1.29, 1.82) is 0 Å². The second kappa shape index (κ2) is 7.24. The van der Waals surface area contributed by atoms with Gasteiger partial charge in [-0.2, -0.15) is 0 Å². The minimum atomic E-state index is -0.753. The third-order valence-corrected chi connectivity index (χ3v) is 3.54. The topological polar surface area (TPSA) is 58.2 Å². The van der Waals surface area contributed by atoms with E-state index in [1.165, 1.54) is 18.2 Å². The van der Waals surface area contributed by atoms with E-state index in [1.54, 1.807) is 18.2 Å². The summed E-state index contributed by atoms with van der Waals surface area (Å²) in [4.78, 5) is 23.5. The molecule has 0 aliphatic rings. The first kappa shape index (κ1) is 16.3. The van der Waals surface area contributed by atoms with Crippen molar-refractivity contribution in [2.75, 3.05) is 0 Å². The largest absolute Gasteiger partial charge is 0.273 e. The molecule has 0 radical (unpaired) electrons. The van der Waals surface area contributed by atoms with E-state index in [4.69, 9.17) is 23.2 Å². The molecule has 0 unspecified atom stereocenters. The van der Waals surface area contributed by atoms with Crippen LogP contribution in [0.4, 0.5) is 4.39 Å². The molecule has 0 aromatic heterocycles. The van der Waals surface area contributed by atoms with Crippen molar-refractivity contribution in [3.05, 3.63) is 69.5 Å². The lowest BCUT2D eigenvalue weighted by Gasteiger charge is -2.09. The summed E-state index contributed by atoms with van der Waals surface area (Å²) in [7, 11) is 0. The summed E-state index contributed by atoms with van der Waals surface area (Å²) in [6, 6.07) is 10.3. The molecule has 2 amide bonds. The van der Waals surface area contributed by atoms with Crippen molar-refractivity contribution >= 4 is 35.0 Å². The van der Waals surface area contributed by atoms with Crippen LogP contribution in [-0.4, -0.2) is 11.8 Å². The van der Waals surface area contributed by atoms with E-state index in [-0.39, 0.29) is 12.0 Å². The fourth-order valence-corrected chi connectivity index (χ4v) is 2.28. The Hall–Kier alpha value is -2.11. The van der Waals surface area contributed by atoms with E-state index >= 15 is 0 Å². The summed E-state index contributed by atoms with van der Waals surface area (Å²) in [5, 5.41) is 0.700. The number of hydrazine groups is 1. The van der Waals surface area contributed by atoms with Crippen LogP contribution < -0.4 is 10.9 Å².